The van der Waals surface area contributed by atoms with Crippen molar-refractivity contribution in [1.29, 1.82) is 0 Å². The summed E-state index contributed by atoms with van der Waals surface area (Å²) in [5.41, 5.74) is 0.934. The summed E-state index contributed by atoms with van der Waals surface area (Å²) in [6, 6.07) is 10.8. The molecule has 0 saturated heterocycles. The number of halogens is 1. The van der Waals surface area contributed by atoms with Gasteiger partial charge in [-0.05, 0) is 29.8 Å². The average Bonchev–Trinajstić information content (AvgIpc) is 2.55. The number of hydrogen-bond acceptors (Lipinski definition) is 4. The van der Waals surface area contributed by atoms with Gasteiger partial charge in [0.1, 0.15) is 5.82 Å². The van der Waals surface area contributed by atoms with Crippen molar-refractivity contribution in [3.05, 3.63) is 70.0 Å². The highest BCUT2D eigenvalue weighted by Crippen LogP contribution is 2.15. The van der Waals surface area contributed by atoms with Crippen molar-refractivity contribution in [2.45, 2.75) is 6.42 Å². The Kier molecular flexibility index (Phi) is 5.56. The molecule has 2 aromatic rings. The Morgan fingerprint density at radius 2 is 1.62 bits per heavy atom. The van der Waals surface area contributed by atoms with E-state index in [0.717, 1.165) is 0 Å². The molecule has 7 nitrogen and oxygen atoms in total. The number of benzene rings is 2. The molecule has 0 heterocycles. The standard InChI is InChI=1S/C16H14FN3O4/c17-12-3-1-11(2-4-12)9-15(21)18-10-16(22)19-13-5-7-14(8-6-13)20(23)24/h1-8H,9-10H2,(H,18,21)(H,19,22). The predicted molar refractivity (Wildman–Crippen MR) is 84.8 cm³/mol. The molecule has 124 valence electrons. The lowest BCUT2D eigenvalue weighted by Crippen LogP contribution is -2.33. The lowest BCUT2D eigenvalue weighted by molar-refractivity contribution is -0.384. The third kappa shape index (κ3) is 5.16. The molecular formula is C16H14FN3O4. The molecule has 2 amide bonds. The van der Waals surface area contributed by atoms with E-state index in [4.69, 9.17) is 0 Å². The maximum atomic E-state index is 12.8. The summed E-state index contributed by atoms with van der Waals surface area (Å²) >= 11 is 0. The molecule has 8 heteroatoms. The van der Waals surface area contributed by atoms with Gasteiger partial charge in [0.2, 0.25) is 11.8 Å². The summed E-state index contributed by atoms with van der Waals surface area (Å²) in [4.78, 5) is 33.4. The third-order valence-corrected chi connectivity index (χ3v) is 3.09. The molecule has 2 rings (SSSR count). The molecule has 0 spiro atoms. The number of nitrogens with one attached hydrogen (secondary N) is 2. The van der Waals surface area contributed by atoms with Gasteiger partial charge in [0, 0.05) is 17.8 Å². The molecule has 0 bridgehead atoms. The molecule has 0 atom stereocenters. The molecule has 0 aliphatic rings. The first kappa shape index (κ1) is 17.1. The normalized spacial score (nSPS) is 10.0. The highest BCUT2D eigenvalue weighted by molar-refractivity contribution is 5.94. The van der Waals surface area contributed by atoms with Crippen LogP contribution in [0.4, 0.5) is 15.8 Å². The van der Waals surface area contributed by atoms with Gasteiger partial charge in [-0.3, -0.25) is 19.7 Å². The topological polar surface area (TPSA) is 101 Å². The van der Waals surface area contributed by atoms with Crippen LogP contribution in [-0.4, -0.2) is 23.3 Å². The minimum absolute atomic E-state index is 0.0328. The first-order chi connectivity index (χ1) is 11.4. The zero-order chi connectivity index (χ0) is 17.5. The first-order valence-corrected chi connectivity index (χ1v) is 6.99. The Balaban J connectivity index is 1.78. The summed E-state index contributed by atoms with van der Waals surface area (Å²) in [5.74, 6) is -1.22. The van der Waals surface area contributed by atoms with Crippen LogP contribution in [0.25, 0.3) is 0 Å². The van der Waals surface area contributed by atoms with Crippen LogP contribution in [0, 0.1) is 15.9 Å². The highest BCUT2D eigenvalue weighted by atomic mass is 19.1. The zero-order valence-corrected chi connectivity index (χ0v) is 12.5. The van der Waals surface area contributed by atoms with Crippen LogP contribution in [0.5, 0.6) is 0 Å². The summed E-state index contributed by atoms with van der Waals surface area (Å²) in [5, 5.41) is 15.5. The fourth-order valence-corrected chi connectivity index (χ4v) is 1.90. The van der Waals surface area contributed by atoms with Crippen molar-refractivity contribution >= 4 is 23.2 Å². The SMILES string of the molecule is O=C(Cc1ccc(F)cc1)NCC(=O)Nc1ccc([N+](=O)[O-])cc1. The molecule has 0 unspecified atom stereocenters. The van der Waals surface area contributed by atoms with E-state index in [1.54, 1.807) is 0 Å². The molecule has 0 aliphatic heterocycles. The molecular weight excluding hydrogens is 317 g/mol. The van der Waals surface area contributed by atoms with Crippen LogP contribution < -0.4 is 10.6 Å². The van der Waals surface area contributed by atoms with Gasteiger partial charge < -0.3 is 10.6 Å². The lowest BCUT2D eigenvalue weighted by Gasteiger charge is -2.07. The van der Waals surface area contributed by atoms with Crippen molar-refractivity contribution in [2.75, 3.05) is 11.9 Å². The maximum Gasteiger partial charge on any atom is 0.269 e. The van der Waals surface area contributed by atoms with Crippen LogP contribution in [-0.2, 0) is 16.0 Å². The van der Waals surface area contributed by atoms with Crippen LogP contribution in [0.2, 0.25) is 0 Å². The second-order valence-corrected chi connectivity index (χ2v) is 4.93. The van der Waals surface area contributed by atoms with Crippen molar-refractivity contribution in [1.82, 2.24) is 5.32 Å². The molecule has 24 heavy (non-hydrogen) atoms. The van der Waals surface area contributed by atoms with E-state index in [-0.39, 0.29) is 30.4 Å². The Bertz CT molecular complexity index is 745. The van der Waals surface area contributed by atoms with Gasteiger partial charge in [-0.1, -0.05) is 12.1 Å². The monoisotopic (exact) mass is 331 g/mol. The number of carbonyl (C=O) groups excluding carboxylic acids is 2. The Morgan fingerprint density at radius 1 is 1.00 bits per heavy atom. The Hall–Kier alpha value is -3.29. The molecule has 0 fully saturated rings. The van der Waals surface area contributed by atoms with E-state index in [2.05, 4.69) is 10.6 Å². The second-order valence-electron chi connectivity index (χ2n) is 4.93. The zero-order valence-electron chi connectivity index (χ0n) is 12.5. The van der Waals surface area contributed by atoms with Gasteiger partial charge in [0.05, 0.1) is 17.9 Å². The highest BCUT2D eigenvalue weighted by Gasteiger charge is 2.09. The average molecular weight is 331 g/mol. The lowest BCUT2D eigenvalue weighted by atomic mass is 10.1. The quantitative estimate of drug-likeness (QED) is 0.624. The van der Waals surface area contributed by atoms with Crippen molar-refractivity contribution in [3.8, 4) is 0 Å². The maximum absolute atomic E-state index is 12.8. The van der Waals surface area contributed by atoms with Crippen molar-refractivity contribution < 1.29 is 18.9 Å². The molecule has 2 aromatic carbocycles. The number of amides is 2. The van der Waals surface area contributed by atoms with Crippen LogP contribution in [0.1, 0.15) is 5.56 Å². The van der Waals surface area contributed by atoms with Gasteiger partial charge in [0.15, 0.2) is 0 Å². The summed E-state index contributed by atoms with van der Waals surface area (Å²) < 4.78 is 12.8. The predicted octanol–water partition coefficient (Wildman–Crippen LogP) is 2.03. The number of hydrogen-bond donors (Lipinski definition) is 2. The van der Waals surface area contributed by atoms with Gasteiger partial charge in [-0.15, -0.1) is 0 Å². The van der Waals surface area contributed by atoms with Crippen LogP contribution in [0.3, 0.4) is 0 Å². The van der Waals surface area contributed by atoms with Crippen molar-refractivity contribution in [3.63, 3.8) is 0 Å². The number of nitro benzene ring substituents is 1. The Morgan fingerprint density at radius 3 is 2.21 bits per heavy atom. The number of rotatable bonds is 6. The van der Waals surface area contributed by atoms with E-state index >= 15 is 0 Å². The summed E-state index contributed by atoms with van der Waals surface area (Å²) in [7, 11) is 0. The minimum Gasteiger partial charge on any atom is -0.347 e. The smallest absolute Gasteiger partial charge is 0.269 e. The fourth-order valence-electron chi connectivity index (χ4n) is 1.90. The molecule has 0 saturated carbocycles. The molecule has 2 N–H and O–H groups in total. The third-order valence-electron chi connectivity index (χ3n) is 3.09. The van der Waals surface area contributed by atoms with Gasteiger partial charge >= 0.3 is 0 Å². The van der Waals surface area contributed by atoms with Crippen molar-refractivity contribution in [2.24, 2.45) is 0 Å². The molecule has 0 aliphatic carbocycles. The first-order valence-electron chi connectivity index (χ1n) is 6.99. The number of carbonyl (C=O) groups is 2. The Labute approximate surface area is 136 Å². The van der Waals surface area contributed by atoms with Crippen LogP contribution in [0.15, 0.2) is 48.5 Å². The minimum atomic E-state index is -0.540. The second kappa shape index (κ2) is 7.82. The van der Waals surface area contributed by atoms with Gasteiger partial charge in [-0.2, -0.15) is 0 Å². The molecule has 0 aromatic heterocycles. The number of nitro groups is 1. The van der Waals surface area contributed by atoms with Gasteiger partial charge in [-0.25, -0.2) is 4.39 Å². The van der Waals surface area contributed by atoms with Gasteiger partial charge in [0.25, 0.3) is 5.69 Å². The van der Waals surface area contributed by atoms with E-state index in [1.807, 2.05) is 0 Å². The number of anilines is 1. The summed E-state index contributed by atoms with van der Waals surface area (Å²) in [6.45, 7) is -0.239. The largest absolute Gasteiger partial charge is 0.347 e. The van der Waals surface area contributed by atoms with E-state index in [1.165, 1.54) is 48.5 Å². The number of nitrogens with zero attached hydrogens (tertiary/aromatic N) is 1. The van der Waals surface area contributed by atoms with E-state index in [9.17, 15) is 24.1 Å². The molecule has 0 radical (unpaired) electrons. The van der Waals surface area contributed by atoms with E-state index < -0.39 is 10.8 Å². The fraction of sp³-hybridized carbons (Fsp3) is 0.125. The van der Waals surface area contributed by atoms with Crippen LogP contribution >= 0.6 is 0 Å². The number of non-ortho nitro benzene ring substituents is 1. The van der Waals surface area contributed by atoms with E-state index in [0.29, 0.717) is 11.3 Å². The summed E-state index contributed by atoms with van der Waals surface area (Å²) in [6.07, 6.45) is 0.0328.